The van der Waals surface area contributed by atoms with Crippen molar-refractivity contribution in [2.75, 3.05) is 7.11 Å². The fourth-order valence-electron chi connectivity index (χ4n) is 5.79. The van der Waals surface area contributed by atoms with Crippen LogP contribution in [0.15, 0.2) is 60.9 Å². The van der Waals surface area contributed by atoms with Gasteiger partial charge in [0.2, 0.25) is 0 Å². The van der Waals surface area contributed by atoms with Gasteiger partial charge in [-0.3, -0.25) is 9.59 Å². The van der Waals surface area contributed by atoms with Crippen molar-refractivity contribution in [2.45, 2.75) is 70.8 Å². The van der Waals surface area contributed by atoms with Crippen molar-refractivity contribution in [3.8, 4) is 23.0 Å². The van der Waals surface area contributed by atoms with Gasteiger partial charge in [-0.15, -0.1) is 0 Å². The molecule has 0 spiro atoms. The maximum Gasteiger partial charge on any atom is 0.302 e. The summed E-state index contributed by atoms with van der Waals surface area (Å²) >= 11 is 0. The number of esters is 1. The predicted octanol–water partition coefficient (Wildman–Crippen LogP) is 6.95. The molecule has 1 heterocycles. The number of methoxy groups -OCH3 is 1. The first kappa shape index (κ1) is 28.3. The first-order valence-electron chi connectivity index (χ1n) is 13.8. The zero-order valence-corrected chi connectivity index (χ0v) is 23.0. The van der Waals surface area contributed by atoms with E-state index < -0.39 is 6.10 Å². The minimum absolute atomic E-state index is 0.0757. The monoisotopic (exact) mass is 533 g/mol. The Morgan fingerprint density at radius 3 is 2.64 bits per heavy atom. The fourth-order valence-corrected chi connectivity index (χ4v) is 5.79. The van der Waals surface area contributed by atoms with E-state index in [1.165, 1.54) is 18.6 Å². The molecule has 3 aromatic rings. The van der Waals surface area contributed by atoms with E-state index in [4.69, 9.17) is 14.2 Å². The van der Waals surface area contributed by atoms with Crippen LogP contribution in [-0.4, -0.2) is 35.1 Å². The normalized spacial score (nSPS) is 19.7. The average molecular weight is 534 g/mol. The van der Waals surface area contributed by atoms with E-state index in [0.717, 1.165) is 31.2 Å². The van der Waals surface area contributed by atoms with Crippen molar-refractivity contribution in [1.29, 1.82) is 0 Å². The number of carbonyl (C=O) groups excluding carboxylic acids is 2. The second-order valence-corrected chi connectivity index (χ2v) is 10.5. The van der Waals surface area contributed by atoms with Gasteiger partial charge in [-0.25, -0.2) is 0 Å². The number of aromatic nitrogens is 1. The molecule has 0 amide bonds. The van der Waals surface area contributed by atoms with Crippen LogP contribution in [0, 0.1) is 11.8 Å². The SMILES string of the molecule is CCC1CCC(c2cc[nH]c2)C(C(CC(=O)CCc2ccc(Oc3cccc(O)c3)c(OC)c2)OC(C)=O)C1. The molecule has 1 aromatic heterocycles. The number of phenols is 1. The van der Waals surface area contributed by atoms with Crippen molar-refractivity contribution in [1.82, 2.24) is 4.98 Å². The largest absolute Gasteiger partial charge is 0.508 e. The van der Waals surface area contributed by atoms with E-state index in [1.807, 2.05) is 24.5 Å². The van der Waals surface area contributed by atoms with Gasteiger partial charge >= 0.3 is 5.97 Å². The number of hydrogen-bond donors (Lipinski definition) is 2. The van der Waals surface area contributed by atoms with Gasteiger partial charge in [-0.2, -0.15) is 0 Å². The third-order valence-electron chi connectivity index (χ3n) is 7.83. The van der Waals surface area contributed by atoms with Crippen LogP contribution in [0.4, 0.5) is 0 Å². The third-order valence-corrected chi connectivity index (χ3v) is 7.83. The molecule has 0 bridgehead atoms. The van der Waals surface area contributed by atoms with Crippen LogP contribution in [0.5, 0.6) is 23.0 Å². The molecule has 1 aliphatic rings. The summed E-state index contributed by atoms with van der Waals surface area (Å²) in [4.78, 5) is 28.4. The number of aromatic amines is 1. The summed E-state index contributed by atoms with van der Waals surface area (Å²) in [5, 5.41) is 9.69. The van der Waals surface area contributed by atoms with Crippen LogP contribution in [-0.2, 0) is 20.7 Å². The van der Waals surface area contributed by atoms with E-state index in [2.05, 4.69) is 18.0 Å². The summed E-state index contributed by atoms with van der Waals surface area (Å²) in [5.74, 6) is 2.37. The number of ether oxygens (including phenoxy) is 3. The molecule has 39 heavy (non-hydrogen) atoms. The first-order valence-corrected chi connectivity index (χ1v) is 13.8. The van der Waals surface area contributed by atoms with Gasteiger partial charge in [-0.05, 0) is 79.0 Å². The Balaban J connectivity index is 1.42. The quantitative estimate of drug-likeness (QED) is 0.244. The molecule has 1 aliphatic carbocycles. The van der Waals surface area contributed by atoms with Gasteiger partial charge in [0, 0.05) is 44.1 Å². The van der Waals surface area contributed by atoms with Crippen molar-refractivity contribution in [3.63, 3.8) is 0 Å². The highest BCUT2D eigenvalue weighted by molar-refractivity contribution is 5.79. The number of aryl methyl sites for hydroxylation is 1. The van der Waals surface area contributed by atoms with Crippen LogP contribution in [0.1, 0.15) is 69.4 Å². The summed E-state index contributed by atoms with van der Waals surface area (Å²) in [5.41, 5.74) is 2.17. The zero-order valence-electron chi connectivity index (χ0n) is 23.0. The molecule has 4 rings (SSSR count). The molecule has 4 unspecified atom stereocenters. The smallest absolute Gasteiger partial charge is 0.302 e. The van der Waals surface area contributed by atoms with E-state index in [1.54, 1.807) is 31.4 Å². The molecule has 1 fully saturated rings. The molecule has 7 heteroatoms. The summed E-state index contributed by atoms with van der Waals surface area (Å²) in [6, 6.07) is 14.2. The van der Waals surface area contributed by atoms with Gasteiger partial charge < -0.3 is 24.3 Å². The number of Topliss-reactive ketones (excluding diaryl/α,β-unsaturated/α-hetero) is 1. The number of phenolic OH excluding ortho intramolecular Hbond substituents is 1. The number of rotatable bonds is 12. The molecule has 7 nitrogen and oxygen atoms in total. The van der Waals surface area contributed by atoms with E-state index in [9.17, 15) is 14.7 Å². The lowest BCUT2D eigenvalue weighted by Gasteiger charge is -2.39. The van der Waals surface area contributed by atoms with Crippen molar-refractivity contribution >= 4 is 11.8 Å². The molecule has 0 radical (unpaired) electrons. The van der Waals surface area contributed by atoms with Crippen LogP contribution in [0.2, 0.25) is 0 Å². The number of carbonyl (C=O) groups is 2. The number of aromatic hydroxyl groups is 1. The summed E-state index contributed by atoms with van der Waals surface area (Å²) in [6.07, 6.45) is 8.84. The number of hydrogen-bond acceptors (Lipinski definition) is 6. The summed E-state index contributed by atoms with van der Waals surface area (Å²) in [6.45, 7) is 3.63. The van der Waals surface area contributed by atoms with Crippen LogP contribution < -0.4 is 9.47 Å². The van der Waals surface area contributed by atoms with Crippen molar-refractivity contribution < 1.29 is 28.9 Å². The molecule has 0 saturated heterocycles. The van der Waals surface area contributed by atoms with Gasteiger partial charge in [-0.1, -0.05) is 25.5 Å². The Morgan fingerprint density at radius 1 is 1.10 bits per heavy atom. The lowest BCUT2D eigenvalue weighted by Crippen LogP contribution is -2.37. The van der Waals surface area contributed by atoms with E-state index in [0.29, 0.717) is 36.0 Å². The number of benzene rings is 2. The molecule has 2 N–H and O–H groups in total. The Morgan fingerprint density at radius 2 is 1.95 bits per heavy atom. The number of ketones is 1. The number of H-pyrrole nitrogens is 1. The Hall–Kier alpha value is -3.74. The highest BCUT2D eigenvalue weighted by Gasteiger charge is 2.38. The lowest BCUT2D eigenvalue weighted by atomic mass is 9.68. The maximum absolute atomic E-state index is 13.2. The lowest BCUT2D eigenvalue weighted by molar-refractivity contribution is -0.152. The number of nitrogens with one attached hydrogen (secondary N) is 1. The Kier molecular flexibility index (Phi) is 9.69. The maximum atomic E-state index is 13.2. The highest BCUT2D eigenvalue weighted by Crippen LogP contribution is 2.44. The van der Waals surface area contributed by atoms with Gasteiger partial charge in [0.1, 0.15) is 23.4 Å². The van der Waals surface area contributed by atoms with Crippen molar-refractivity contribution in [2.24, 2.45) is 11.8 Å². The average Bonchev–Trinajstić information content (AvgIpc) is 3.46. The van der Waals surface area contributed by atoms with Crippen LogP contribution in [0.25, 0.3) is 0 Å². The van der Waals surface area contributed by atoms with E-state index in [-0.39, 0.29) is 35.8 Å². The Bertz CT molecular complexity index is 1240. The minimum Gasteiger partial charge on any atom is -0.508 e. The predicted molar refractivity (Wildman–Crippen MR) is 149 cm³/mol. The molecule has 2 aromatic carbocycles. The second kappa shape index (κ2) is 13.4. The molecule has 1 saturated carbocycles. The minimum atomic E-state index is -0.433. The topological polar surface area (TPSA) is 97.9 Å². The van der Waals surface area contributed by atoms with Crippen LogP contribution in [0.3, 0.4) is 0 Å². The molecule has 0 aliphatic heterocycles. The Labute approximate surface area is 230 Å². The van der Waals surface area contributed by atoms with Gasteiger partial charge in [0.15, 0.2) is 11.5 Å². The summed E-state index contributed by atoms with van der Waals surface area (Å²) in [7, 11) is 1.57. The first-order chi connectivity index (χ1) is 18.9. The standard InChI is InChI=1S/C32H39NO6/c1-4-22-9-12-28(24-14-15-33-20-24)29(16-22)31(38-21(2)34)19-26(36)11-8-23-10-13-30(32(17-23)37-3)39-27-7-5-6-25(35)18-27/h5-7,10,13-15,17-18,20,22,28-29,31,33,35H,4,8-9,11-12,16,19H2,1-3H3. The molecule has 208 valence electrons. The van der Waals surface area contributed by atoms with Gasteiger partial charge in [0.25, 0.3) is 0 Å². The molecular formula is C32H39NO6. The van der Waals surface area contributed by atoms with Crippen LogP contribution >= 0.6 is 0 Å². The molecule has 4 atom stereocenters. The van der Waals surface area contributed by atoms with Gasteiger partial charge in [0.05, 0.1) is 7.11 Å². The second-order valence-electron chi connectivity index (χ2n) is 10.5. The third kappa shape index (κ3) is 7.65. The van der Waals surface area contributed by atoms with Crippen molar-refractivity contribution in [3.05, 3.63) is 72.1 Å². The summed E-state index contributed by atoms with van der Waals surface area (Å²) < 4.78 is 17.2. The van der Waals surface area contributed by atoms with E-state index >= 15 is 0 Å². The molecular weight excluding hydrogens is 494 g/mol. The highest BCUT2D eigenvalue weighted by atomic mass is 16.5. The fraction of sp³-hybridized carbons (Fsp3) is 0.438. The zero-order chi connectivity index (χ0) is 27.8.